The summed E-state index contributed by atoms with van der Waals surface area (Å²) in [5, 5.41) is 33.8. The van der Waals surface area contributed by atoms with Gasteiger partial charge in [-0.25, -0.2) is 0 Å². The number of amidine groups is 1. The van der Waals surface area contributed by atoms with Gasteiger partial charge >= 0.3 is 0 Å². The van der Waals surface area contributed by atoms with Crippen molar-refractivity contribution in [3.8, 4) is 0 Å². The minimum absolute atomic E-state index is 0.319. The van der Waals surface area contributed by atoms with Crippen LogP contribution in [0.5, 0.6) is 0 Å². The predicted octanol–water partition coefficient (Wildman–Crippen LogP) is -0.325. The van der Waals surface area contributed by atoms with Gasteiger partial charge in [0.2, 0.25) is 0 Å². The molecule has 2 rings (SSSR count). The minimum Gasteiger partial charge on any atom is -0.390 e. The Kier molecular flexibility index (Phi) is 5.08. The molecular weight excluding hydrogens is 268 g/mol. The monoisotopic (exact) mass is 290 g/mol. The number of rotatable bonds is 4. The van der Waals surface area contributed by atoms with Crippen LogP contribution in [0.1, 0.15) is 26.7 Å². The molecule has 19 heavy (non-hydrogen) atoms. The Labute approximate surface area is 117 Å². The number of aliphatic hydroxyl groups excluding tert-OH is 3. The molecule has 7 heteroatoms. The molecule has 2 aliphatic heterocycles. The first-order chi connectivity index (χ1) is 9.08. The van der Waals surface area contributed by atoms with Crippen molar-refractivity contribution in [2.45, 2.75) is 62.6 Å². The van der Waals surface area contributed by atoms with Gasteiger partial charge in [-0.3, -0.25) is 4.99 Å². The third-order valence-corrected chi connectivity index (χ3v) is 4.54. The normalized spacial score (nSPS) is 41.9. The highest BCUT2D eigenvalue weighted by atomic mass is 32.2. The zero-order valence-corrected chi connectivity index (χ0v) is 12.0. The van der Waals surface area contributed by atoms with Gasteiger partial charge in [0.25, 0.3) is 0 Å². The average molecular weight is 290 g/mol. The molecule has 0 aromatic carbocycles. The molecule has 2 heterocycles. The minimum atomic E-state index is -1.09. The lowest BCUT2D eigenvalue weighted by Gasteiger charge is -2.40. The quantitative estimate of drug-likeness (QED) is 0.567. The van der Waals surface area contributed by atoms with Crippen molar-refractivity contribution in [1.82, 2.24) is 5.32 Å². The smallest absolute Gasteiger partial charge is 0.159 e. The molecule has 0 radical (unpaired) electrons. The lowest BCUT2D eigenvalue weighted by Crippen LogP contribution is -2.61. The number of nitrogens with one attached hydrogen (secondary N) is 1. The van der Waals surface area contributed by atoms with Crippen molar-refractivity contribution >= 4 is 16.9 Å². The second kappa shape index (κ2) is 6.41. The summed E-state index contributed by atoms with van der Waals surface area (Å²) in [5.74, 6) is 0. The van der Waals surface area contributed by atoms with Gasteiger partial charge in [0.1, 0.15) is 23.7 Å². The first-order valence-electron chi connectivity index (χ1n) is 6.75. The van der Waals surface area contributed by atoms with E-state index in [1.807, 2.05) is 13.8 Å². The topological polar surface area (TPSA) is 94.3 Å². The van der Waals surface area contributed by atoms with Gasteiger partial charge in [0.05, 0.1) is 12.1 Å². The standard InChI is InChI=1S/C12H22N2O4S/c1-3-5-13-12-14-7-8(16)9(17)10(6(15)4-2)18-11(7)19-12/h6-11,15-17H,3-5H2,1-2H3,(H,13,14)/t6-,7+,8+,9-,10+,11+/m0/s1. The zero-order valence-electron chi connectivity index (χ0n) is 11.2. The largest absolute Gasteiger partial charge is 0.390 e. The third kappa shape index (κ3) is 3.05. The molecule has 6 atom stereocenters. The van der Waals surface area contributed by atoms with Crippen LogP contribution in [-0.2, 0) is 4.74 Å². The molecule has 0 saturated carbocycles. The van der Waals surface area contributed by atoms with Crippen molar-refractivity contribution in [3.05, 3.63) is 0 Å². The summed E-state index contributed by atoms with van der Waals surface area (Å²) in [4.78, 5) is 4.35. The highest BCUT2D eigenvalue weighted by Crippen LogP contribution is 2.35. The number of nitrogens with zero attached hydrogens (tertiary/aromatic N) is 1. The number of thioether (sulfide) groups is 1. The van der Waals surface area contributed by atoms with Gasteiger partial charge in [0.15, 0.2) is 5.17 Å². The van der Waals surface area contributed by atoms with Crippen LogP contribution in [0, 0.1) is 0 Å². The van der Waals surface area contributed by atoms with E-state index in [0.717, 1.165) is 11.6 Å². The highest BCUT2D eigenvalue weighted by molar-refractivity contribution is 8.14. The van der Waals surface area contributed by atoms with Crippen molar-refractivity contribution in [2.24, 2.45) is 4.99 Å². The van der Waals surface area contributed by atoms with Crippen LogP contribution in [-0.4, -0.2) is 62.9 Å². The molecule has 2 saturated heterocycles. The van der Waals surface area contributed by atoms with Crippen LogP contribution >= 0.6 is 11.8 Å². The van der Waals surface area contributed by atoms with Crippen LogP contribution < -0.4 is 5.32 Å². The summed E-state index contributed by atoms with van der Waals surface area (Å²) in [7, 11) is 0. The fourth-order valence-corrected chi connectivity index (χ4v) is 3.43. The Hall–Kier alpha value is -0.340. The maximum atomic E-state index is 10.1. The molecule has 0 bridgehead atoms. The first-order valence-corrected chi connectivity index (χ1v) is 7.63. The van der Waals surface area contributed by atoms with Gasteiger partial charge in [-0.1, -0.05) is 25.6 Å². The van der Waals surface area contributed by atoms with Crippen molar-refractivity contribution in [2.75, 3.05) is 6.54 Å². The van der Waals surface area contributed by atoms with Gasteiger partial charge in [0, 0.05) is 6.54 Å². The number of hydrogen-bond donors (Lipinski definition) is 4. The van der Waals surface area contributed by atoms with E-state index in [0.29, 0.717) is 13.0 Å². The number of aliphatic hydroxyl groups is 3. The van der Waals surface area contributed by atoms with E-state index < -0.39 is 24.4 Å². The Bertz CT molecular complexity index is 342. The molecule has 0 aliphatic carbocycles. The molecule has 2 aliphatic rings. The summed E-state index contributed by atoms with van der Waals surface area (Å²) in [5.41, 5.74) is -0.319. The van der Waals surface area contributed by atoms with Crippen LogP contribution in [0.25, 0.3) is 0 Å². The van der Waals surface area contributed by atoms with Crippen LogP contribution in [0.4, 0.5) is 0 Å². The number of hydrogen-bond acceptors (Lipinski definition) is 6. The second-order valence-corrected chi connectivity index (χ2v) is 5.99. The highest BCUT2D eigenvalue weighted by Gasteiger charge is 2.50. The maximum absolute atomic E-state index is 10.1. The second-order valence-electron chi connectivity index (χ2n) is 4.90. The maximum Gasteiger partial charge on any atom is 0.159 e. The van der Waals surface area contributed by atoms with E-state index in [1.165, 1.54) is 11.8 Å². The Balaban J connectivity index is 2.07. The molecule has 2 fully saturated rings. The fourth-order valence-electron chi connectivity index (χ4n) is 2.28. The van der Waals surface area contributed by atoms with Gasteiger partial charge < -0.3 is 25.4 Å². The van der Waals surface area contributed by atoms with Crippen molar-refractivity contribution in [1.29, 1.82) is 0 Å². The van der Waals surface area contributed by atoms with E-state index in [2.05, 4.69) is 10.3 Å². The number of fused-ring (bicyclic) bond motifs is 1. The molecule has 6 nitrogen and oxygen atoms in total. The molecule has 0 aromatic rings. The molecule has 4 N–H and O–H groups in total. The van der Waals surface area contributed by atoms with Gasteiger partial charge in [-0.05, 0) is 12.8 Å². The van der Waals surface area contributed by atoms with E-state index in [4.69, 9.17) is 4.74 Å². The summed E-state index contributed by atoms with van der Waals surface area (Å²) < 4.78 is 5.72. The fraction of sp³-hybridized carbons (Fsp3) is 0.917. The molecule has 0 aromatic heterocycles. The van der Waals surface area contributed by atoms with Crippen LogP contribution in [0.15, 0.2) is 4.99 Å². The van der Waals surface area contributed by atoms with E-state index in [9.17, 15) is 15.3 Å². The van der Waals surface area contributed by atoms with Crippen molar-refractivity contribution < 1.29 is 20.1 Å². The first kappa shape index (κ1) is 15.1. The lowest BCUT2D eigenvalue weighted by atomic mass is 9.94. The van der Waals surface area contributed by atoms with Crippen molar-refractivity contribution in [3.63, 3.8) is 0 Å². The molecule has 0 spiro atoms. The number of aliphatic imine (C=N–C) groups is 1. The molecule has 110 valence electrons. The summed E-state index contributed by atoms with van der Waals surface area (Å²) in [6.07, 6.45) is -2.16. The Morgan fingerprint density at radius 2 is 2.11 bits per heavy atom. The van der Waals surface area contributed by atoms with E-state index in [1.54, 1.807) is 0 Å². The SMILES string of the molecule is CCCN=C1N[C@@H]2[C@@H](O)[C@H](O)[C@@H]([C@@H](O)CC)O[C@@H]2S1. The Morgan fingerprint density at radius 1 is 1.37 bits per heavy atom. The van der Waals surface area contributed by atoms with Gasteiger partial charge in [-0.2, -0.15) is 0 Å². The molecule has 0 amide bonds. The third-order valence-electron chi connectivity index (χ3n) is 3.43. The molecule has 0 unspecified atom stereocenters. The Morgan fingerprint density at radius 3 is 2.74 bits per heavy atom. The molecular formula is C12H22N2O4S. The predicted molar refractivity (Wildman–Crippen MR) is 74.1 cm³/mol. The van der Waals surface area contributed by atoms with Gasteiger partial charge in [-0.15, -0.1) is 0 Å². The van der Waals surface area contributed by atoms with Crippen LogP contribution in [0.2, 0.25) is 0 Å². The summed E-state index contributed by atoms with van der Waals surface area (Å²) >= 11 is 1.41. The van der Waals surface area contributed by atoms with Crippen LogP contribution in [0.3, 0.4) is 0 Å². The lowest BCUT2D eigenvalue weighted by molar-refractivity contribution is -0.187. The zero-order chi connectivity index (χ0) is 14.0. The van der Waals surface area contributed by atoms with E-state index >= 15 is 0 Å². The number of ether oxygens (including phenoxy) is 1. The summed E-state index contributed by atoms with van der Waals surface area (Å²) in [6, 6.07) is -0.379. The summed E-state index contributed by atoms with van der Waals surface area (Å²) in [6.45, 7) is 4.57. The average Bonchev–Trinajstić information content (AvgIpc) is 2.82. The van der Waals surface area contributed by atoms with E-state index in [-0.39, 0.29) is 11.5 Å².